The molecule has 0 aliphatic heterocycles. The van der Waals surface area contributed by atoms with Gasteiger partial charge >= 0.3 is 0 Å². The van der Waals surface area contributed by atoms with Gasteiger partial charge in [-0.15, -0.1) is 0 Å². The van der Waals surface area contributed by atoms with Crippen molar-refractivity contribution in [1.82, 2.24) is 15.5 Å². The van der Waals surface area contributed by atoms with Crippen molar-refractivity contribution in [3.05, 3.63) is 53.1 Å². The Morgan fingerprint density at radius 3 is 2.82 bits per heavy atom. The summed E-state index contributed by atoms with van der Waals surface area (Å²) in [6, 6.07) is 6.81. The largest absolute Gasteiger partial charge is 0.306 e. The van der Waals surface area contributed by atoms with Crippen molar-refractivity contribution in [2.75, 3.05) is 0 Å². The molecule has 4 heteroatoms. The first-order chi connectivity index (χ1) is 8.18. The number of aromatic amines is 1. The third kappa shape index (κ3) is 2.71. The van der Waals surface area contributed by atoms with E-state index in [1.54, 1.807) is 18.3 Å². The fourth-order valence-corrected chi connectivity index (χ4v) is 1.75. The molecule has 2 N–H and O–H groups in total. The third-order valence-electron chi connectivity index (χ3n) is 2.90. The minimum atomic E-state index is -0.170. The normalized spacial score (nSPS) is 12.6. The van der Waals surface area contributed by atoms with E-state index < -0.39 is 0 Å². The van der Waals surface area contributed by atoms with Gasteiger partial charge in [-0.05, 0) is 19.9 Å². The Bertz CT molecular complexity index is 493. The van der Waals surface area contributed by atoms with E-state index in [4.69, 9.17) is 0 Å². The van der Waals surface area contributed by atoms with Crippen molar-refractivity contribution in [3.63, 3.8) is 0 Å². The van der Waals surface area contributed by atoms with Crippen LogP contribution in [0.1, 0.15) is 29.8 Å². The van der Waals surface area contributed by atoms with Gasteiger partial charge in [-0.3, -0.25) is 5.10 Å². The van der Waals surface area contributed by atoms with Crippen LogP contribution in [-0.2, 0) is 6.54 Å². The molecular formula is C13H16FN3. The van der Waals surface area contributed by atoms with Gasteiger partial charge in [0.1, 0.15) is 5.82 Å². The zero-order chi connectivity index (χ0) is 12.3. The number of halogens is 1. The van der Waals surface area contributed by atoms with E-state index in [1.807, 2.05) is 19.9 Å². The number of benzene rings is 1. The Hall–Kier alpha value is -1.68. The van der Waals surface area contributed by atoms with E-state index >= 15 is 0 Å². The fourth-order valence-electron chi connectivity index (χ4n) is 1.75. The number of nitrogens with one attached hydrogen (secondary N) is 2. The van der Waals surface area contributed by atoms with Crippen LogP contribution in [-0.4, -0.2) is 10.2 Å². The van der Waals surface area contributed by atoms with E-state index in [2.05, 4.69) is 15.5 Å². The predicted octanol–water partition coefficient (Wildman–Crippen LogP) is 2.71. The fraction of sp³-hybridized carbons (Fsp3) is 0.308. The van der Waals surface area contributed by atoms with Gasteiger partial charge in [0, 0.05) is 29.4 Å². The van der Waals surface area contributed by atoms with Gasteiger partial charge in [-0.1, -0.05) is 18.2 Å². The van der Waals surface area contributed by atoms with E-state index in [1.165, 1.54) is 6.07 Å². The van der Waals surface area contributed by atoms with E-state index in [9.17, 15) is 4.39 Å². The standard InChI is InChI=1S/C13H16FN3/c1-9-11(8-16-17-9)7-15-10(2)12-5-3-4-6-13(12)14/h3-6,8,10,15H,7H2,1-2H3,(H,16,17)/t10-/m1/s1. The minimum Gasteiger partial charge on any atom is -0.306 e. The lowest BCUT2D eigenvalue weighted by atomic mass is 10.1. The van der Waals surface area contributed by atoms with Crippen molar-refractivity contribution in [2.24, 2.45) is 0 Å². The number of hydrogen-bond donors (Lipinski definition) is 2. The first-order valence-corrected chi connectivity index (χ1v) is 5.65. The molecule has 3 nitrogen and oxygen atoms in total. The zero-order valence-corrected chi connectivity index (χ0v) is 10.00. The number of aromatic nitrogens is 2. The van der Waals surface area contributed by atoms with Crippen LogP contribution < -0.4 is 5.32 Å². The van der Waals surface area contributed by atoms with Gasteiger partial charge in [-0.2, -0.15) is 5.10 Å². The molecule has 0 spiro atoms. The molecule has 0 bridgehead atoms. The second-order valence-corrected chi connectivity index (χ2v) is 4.14. The molecule has 2 aromatic rings. The number of aryl methyl sites for hydroxylation is 1. The maximum absolute atomic E-state index is 13.5. The minimum absolute atomic E-state index is 0.0227. The van der Waals surface area contributed by atoms with Crippen LogP contribution >= 0.6 is 0 Å². The average Bonchev–Trinajstić information content (AvgIpc) is 2.72. The second-order valence-electron chi connectivity index (χ2n) is 4.14. The lowest BCUT2D eigenvalue weighted by Gasteiger charge is -2.14. The molecule has 0 saturated carbocycles. The molecule has 90 valence electrons. The summed E-state index contributed by atoms with van der Waals surface area (Å²) in [6.45, 7) is 4.60. The molecule has 1 atom stereocenters. The van der Waals surface area contributed by atoms with Crippen molar-refractivity contribution < 1.29 is 4.39 Å². The topological polar surface area (TPSA) is 40.7 Å². The Morgan fingerprint density at radius 2 is 2.18 bits per heavy atom. The SMILES string of the molecule is Cc1[nH]ncc1CN[C@H](C)c1ccccc1F. The summed E-state index contributed by atoms with van der Waals surface area (Å²) >= 11 is 0. The first kappa shape index (κ1) is 11.8. The quantitative estimate of drug-likeness (QED) is 0.852. The van der Waals surface area contributed by atoms with Gasteiger partial charge in [0.15, 0.2) is 0 Å². The highest BCUT2D eigenvalue weighted by molar-refractivity contribution is 5.21. The molecule has 0 aliphatic rings. The van der Waals surface area contributed by atoms with Gasteiger partial charge in [-0.25, -0.2) is 4.39 Å². The lowest BCUT2D eigenvalue weighted by molar-refractivity contribution is 0.528. The first-order valence-electron chi connectivity index (χ1n) is 5.65. The Kier molecular flexibility index (Phi) is 3.54. The van der Waals surface area contributed by atoms with Crippen LogP contribution in [0.2, 0.25) is 0 Å². The highest BCUT2D eigenvalue weighted by Crippen LogP contribution is 2.16. The molecule has 0 amide bonds. The smallest absolute Gasteiger partial charge is 0.127 e. The molecule has 1 aromatic carbocycles. The van der Waals surface area contributed by atoms with E-state index in [0.29, 0.717) is 12.1 Å². The van der Waals surface area contributed by atoms with Gasteiger partial charge in [0.2, 0.25) is 0 Å². The molecule has 0 radical (unpaired) electrons. The molecule has 0 aliphatic carbocycles. The summed E-state index contributed by atoms with van der Waals surface area (Å²) in [5.74, 6) is -0.170. The molecule has 17 heavy (non-hydrogen) atoms. The maximum atomic E-state index is 13.5. The highest BCUT2D eigenvalue weighted by Gasteiger charge is 2.10. The molecule has 0 saturated heterocycles. The average molecular weight is 233 g/mol. The number of H-pyrrole nitrogens is 1. The van der Waals surface area contributed by atoms with Crippen LogP contribution in [0.3, 0.4) is 0 Å². The number of hydrogen-bond acceptors (Lipinski definition) is 2. The summed E-state index contributed by atoms with van der Waals surface area (Å²) in [5.41, 5.74) is 2.83. The second kappa shape index (κ2) is 5.10. The monoisotopic (exact) mass is 233 g/mol. The summed E-state index contributed by atoms with van der Waals surface area (Å²) in [4.78, 5) is 0. The molecular weight excluding hydrogens is 217 g/mol. The van der Waals surface area contributed by atoms with E-state index in [-0.39, 0.29) is 11.9 Å². The van der Waals surface area contributed by atoms with Crippen molar-refractivity contribution in [3.8, 4) is 0 Å². The lowest BCUT2D eigenvalue weighted by Crippen LogP contribution is -2.19. The number of nitrogens with zero attached hydrogens (tertiary/aromatic N) is 1. The molecule has 0 fully saturated rings. The van der Waals surface area contributed by atoms with Crippen molar-refractivity contribution >= 4 is 0 Å². The van der Waals surface area contributed by atoms with Gasteiger partial charge in [0.05, 0.1) is 6.20 Å². The van der Waals surface area contributed by atoms with Crippen LogP contribution in [0.15, 0.2) is 30.5 Å². The highest BCUT2D eigenvalue weighted by atomic mass is 19.1. The predicted molar refractivity (Wildman–Crippen MR) is 65.0 cm³/mol. The molecule has 1 heterocycles. The summed E-state index contributed by atoms with van der Waals surface area (Å²) in [7, 11) is 0. The van der Waals surface area contributed by atoms with Crippen molar-refractivity contribution in [1.29, 1.82) is 0 Å². The van der Waals surface area contributed by atoms with Crippen LogP contribution in [0.5, 0.6) is 0 Å². The Labute approximate surface area is 100 Å². The maximum Gasteiger partial charge on any atom is 0.127 e. The third-order valence-corrected chi connectivity index (χ3v) is 2.90. The van der Waals surface area contributed by atoms with E-state index in [0.717, 1.165) is 11.3 Å². The summed E-state index contributed by atoms with van der Waals surface area (Å²) in [5, 5.41) is 10.1. The Morgan fingerprint density at radius 1 is 1.41 bits per heavy atom. The van der Waals surface area contributed by atoms with Crippen LogP contribution in [0.25, 0.3) is 0 Å². The number of rotatable bonds is 4. The summed E-state index contributed by atoms with van der Waals surface area (Å²) in [6.07, 6.45) is 1.79. The Balaban J connectivity index is 2.01. The molecule has 0 unspecified atom stereocenters. The van der Waals surface area contributed by atoms with Crippen LogP contribution in [0, 0.1) is 12.7 Å². The van der Waals surface area contributed by atoms with Gasteiger partial charge < -0.3 is 5.32 Å². The summed E-state index contributed by atoms with van der Waals surface area (Å²) < 4.78 is 13.5. The zero-order valence-electron chi connectivity index (χ0n) is 10.00. The molecule has 2 rings (SSSR count). The molecule has 1 aromatic heterocycles. The van der Waals surface area contributed by atoms with Gasteiger partial charge in [0.25, 0.3) is 0 Å². The van der Waals surface area contributed by atoms with Crippen LogP contribution in [0.4, 0.5) is 4.39 Å². The van der Waals surface area contributed by atoms with Crippen molar-refractivity contribution in [2.45, 2.75) is 26.4 Å².